The van der Waals surface area contributed by atoms with Gasteiger partial charge in [-0.25, -0.2) is 9.97 Å². The second-order valence-electron chi connectivity index (χ2n) is 10.1. The number of nitrogens with zero attached hydrogens (tertiary/aromatic N) is 2. The maximum Gasteiger partial charge on any atom is 0.0726 e. The molecule has 0 saturated carbocycles. The summed E-state index contributed by atoms with van der Waals surface area (Å²) in [6, 6.07) is 9.06. The van der Waals surface area contributed by atoms with Crippen molar-refractivity contribution in [2.24, 2.45) is 0 Å². The Morgan fingerprint density at radius 3 is 2.20 bits per heavy atom. The van der Waals surface area contributed by atoms with E-state index in [1.54, 1.807) is 0 Å². The van der Waals surface area contributed by atoms with Gasteiger partial charge in [-0.2, -0.15) is 0 Å². The van der Waals surface area contributed by atoms with E-state index in [1.807, 2.05) is 0 Å². The van der Waals surface area contributed by atoms with Crippen LogP contribution < -0.4 is 0 Å². The number of H-pyrrole nitrogens is 2. The van der Waals surface area contributed by atoms with Gasteiger partial charge in [0.2, 0.25) is 0 Å². The molecule has 0 atom stereocenters. The largest absolute Gasteiger partial charge is 0.355 e. The maximum absolute atomic E-state index is 5.25. The van der Waals surface area contributed by atoms with E-state index in [1.165, 1.54) is 61.3 Å². The third kappa shape index (κ3) is 3.26. The van der Waals surface area contributed by atoms with Gasteiger partial charge >= 0.3 is 0 Å². The first-order valence-electron chi connectivity index (χ1n) is 13.1. The molecule has 1 aliphatic carbocycles. The first kappa shape index (κ1) is 22.1. The third-order valence-electron chi connectivity index (χ3n) is 8.26. The molecule has 0 spiro atoms. The van der Waals surface area contributed by atoms with Gasteiger partial charge in [-0.1, -0.05) is 20.8 Å². The van der Waals surface area contributed by atoms with Crippen molar-refractivity contribution in [3.63, 3.8) is 0 Å². The number of rotatable bonds is 3. The van der Waals surface area contributed by atoms with Crippen LogP contribution in [0.3, 0.4) is 0 Å². The minimum atomic E-state index is 0.979. The fraction of sp³-hybridized carbons (Fsp3) is 0.355. The molecule has 2 aliphatic heterocycles. The first-order valence-corrected chi connectivity index (χ1v) is 13.1. The SMILES string of the molecule is CCC1=C(C)c2cc3[nH]c(cc4cc(CC)c(cc5nc6c(c1n2)CCC6=C5C)[nH]4)c(CC)c3C. The quantitative estimate of drug-likeness (QED) is 0.415. The van der Waals surface area contributed by atoms with Gasteiger partial charge in [0.15, 0.2) is 0 Å². The summed E-state index contributed by atoms with van der Waals surface area (Å²) in [7, 11) is 0. The van der Waals surface area contributed by atoms with Crippen molar-refractivity contribution in [1.29, 1.82) is 0 Å². The van der Waals surface area contributed by atoms with Crippen molar-refractivity contribution in [3.8, 4) is 0 Å². The molecule has 0 saturated heterocycles. The molecule has 0 unspecified atom stereocenters. The van der Waals surface area contributed by atoms with Crippen molar-refractivity contribution in [1.82, 2.24) is 19.9 Å². The molecule has 5 heterocycles. The summed E-state index contributed by atoms with van der Waals surface area (Å²) in [5, 5.41) is 0. The van der Waals surface area contributed by atoms with Gasteiger partial charge in [-0.05, 0) is 116 Å². The van der Waals surface area contributed by atoms with Crippen molar-refractivity contribution in [2.75, 3.05) is 0 Å². The van der Waals surface area contributed by atoms with E-state index in [4.69, 9.17) is 9.97 Å². The van der Waals surface area contributed by atoms with E-state index in [9.17, 15) is 0 Å². The van der Waals surface area contributed by atoms with Gasteiger partial charge < -0.3 is 9.97 Å². The summed E-state index contributed by atoms with van der Waals surface area (Å²) in [5.41, 5.74) is 19.8. The number of aromatic amines is 2. The monoisotopic (exact) mass is 462 g/mol. The molecule has 3 aliphatic rings. The Balaban J connectivity index is 1.81. The molecule has 4 heteroatoms. The summed E-state index contributed by atoms with van der Waals surface area (Å²) < 4.78 is 0. The number of fused-ring (bicyclic) bond motifs is 8. The van der Waals surface area contributed by atoms with Gasteiger partial charge in [-0.3, -0.25) is 0 Å². The van der Waals surface area contributed by atoms with Crippen LogP contribution in [0.5, 0.6) is 0 Å². The smallest absolute Gasteiger partial charge is 0.0726 e. The summed E-state index contributed by atoms with van der Waals surface area (Å²) in [5.74, 6) is 0. The number of aromatic nitrogens is 4. The Kier molecular flexibility index (Phi) is 5.10. The standard InChI is InChI=1S/C31H34N4/c1-7-19-12-20-13-29-21(8-2)16(4)25(33-29)14-26-17(5)22(9-3)30(34-26)24-11-10-23-18(6)27(35-31(23)24)15-28(19)32-20/h12-15,32-33H,7-11H2,1-6H3. The Bertz CT molecular complexity index is 1620. The van der Waals surface area contributed by atoms with E-state index in [-0.39, 0.29) is 0 Å². The molecule has 178 valence electrons. The molecule has 0 radical (unpaired) electrons. The highest BCUT2D eigenvalue weighted by molar-refractivity contribution is 5.98. The van der Waals surface area contributed by atoms with Crippen molar-refractivity contribution < 1.29 is 0 Å². The van der Waals surface area contributed by atoms with Gasteiger partial charge in [0, 0.05) is 27.6 Å². The molecule has 0 aromatic carbocycles. The Hall–Kier alpha value is -3.40. The highest BCUT2D eigenvalue weighted by Gasteiger charge is 2.29. The van der Waals surface area contributed by atoms with Crippen LogP contribution in [0.15, 0.2) is 24.3 Å². The molecular weight excluding hydrogens is 428 g/mol. The number of hydrogen-bond acceptors (Lipinski definition) is 2. The normalized spacial score (nSPS) is 15.0. The second kappa shape index (κ2) is 8.08. The van der Waals surface area contributed by atoms with Gasteiger partial charge in [0.05, 0.1) is 22.8 Å². The lowest BCUT2D eigenvalue weighted by atomic mass is 10.0. The lowest BCUT2D eigenvalue weighted by Gasteiger charge is -2.03. The Labute approximate surface area is 207 Å². The molecule has 4 nitrogen and oxygen atoms in total. The predicted octanol–water partition coefficient (Wildman–Crippen LogP) is 7.97. The average Bonchev–Trinajstić information content (AvgIpc) is 3.62. The summed E-state index contributed by atoms with van der Waals surface area (Å²) >= 11 is 0. The Morgan fingerprint density at radius 1 is 0.714 bits per heavy atom. The van der Waals surface area contributed by atoms with Crippen LogP contribution in [-0.2, 0) is 19.3 Å². The van der Waals surface area contributed by atoms with Crippen molar-refractivity contribution in [2.45, 2.75) is 73.6 Å². The van der Waals surface area contributed by atoms with E-state index in [0.29, 0.717) is 0 Å². The molecule has 35 heavy (non-hydrogen) atoms. The van der Waals surface area contributed by atoms with E-state index in [0.717, 1.165) is 60.2 Å². The van der Waals surface area contributed by atoms with Crippen molar-refractivity contribution in [3.05, 3.63) is 69.3 Å². The maximum atomic E-state index is 5.25. The number of nitrogens with one attached hydrogen (secondary N) is 2. The van der Waals surface area contributed by atoms with Gasteiger partial charge in [0.25, 0.3) is 0 Å². The van der Waals surface area contributed by atoms with Crippen LogP contribution in [0.25, 0.3) is 44.4 Å². The minimum absolute atomic E-state index is 0.979. The molecule has 8 bridgehead atoms. The van der Waals surface area contributed by atoms with Crippen molar-refractivity contribution >= 4 is 44.4 Å². The third-order valence-corrected chi connectivity index (χ3v) is 8.26. The fourth-order valence-electron chi connectivity index (χ4n) is 6.19. The predicted molar refractivity (Wildman–Crippen MR) is 148 cm³/mol. The van der Waals surface area contributed by atoms with Crippen LogP contribution >= 0.6 is 0 Å². The zero-order chi connectivity index (χ0) is 24.4. The van der Waals surface area contributed by atoms with E-state index in [2.05, 4.69) is 75.8 Å². The first-order chi connectivity index (χ1) is 16.9. The van der Waals surface area contributed by atoms with E-state index < -0.39 is 0 Å². The lowest BCUT2D eigenvalue weighted by Crippen LogP contribution is -1.91. The number of hydrogen-bond donors (Lipinski definition) is 2. The average molecular weight is 463 g/mol. The molecule has 3 aromatic heterocycles. The molecule has 6 rings (SSSR count). The van der Waals surface area contributed by atoms with Crippen LogP contribution in [0.4, 0.5) is 0 Å². The molecule has 0 fully saturated rings. The summed E-state index contributed by atoms with van der Waals surface area (Å²) in [6.07, 6.45) is 5.02. The zero-order valence-electron chi connectivity index (χ0n) is 21.7. The van der Waals surface area contributed by atoms with Crippen LogP contribution in [0, 0.1) is 6.92 Å². The number of aryl methyl sites for hydroxylation is 3. The Morgan fingerprint density at radius 2 is 1.46 bits per heavy atom. The molecule has 2 N–H and O–H groups in total. The highest BCUT2D eigenvalue weighted by atomic mass is 14.8. The molecule has 3 aromatic rings. The molecule has 0 amide bonds. The van der Waals surface area contributed by atoms with Crippen LogP contribution in [-0.4, -0.2) is 19.9 Å². The summed E-state index contributed by atoms with van der Waals surface area (Å²) in [6.45, 7) is 13.4. The summed E-state index contributed by atoms with van der Waals surface area (Å²) in [4.78, 5) is 17.9. The second-order valence-corrected chi connectivity index (χ2v) is 10.1. The highest BCUT2D eigenvalue weighted by Crippen LogP contribution is 2.44. The number of allylic oxidation sites excluding steroid dienone is 4. The lowest BCUT2D eigenvalue weighted by molar-refractivity contribution is 1.04. The molecular formula is C31H34N4. The fourth-order valence-corrected chi connectivity index (χ4v) is 6.19. The zero-order valence-corrected chi connectivity index (χ0v) is 21.7. The minimum Gasteiger partial charge on any atom is -0.355 e. The van der Waals surface area contributed by atoms with Crippen LogP contribution in [0.1, 0.15) is 92.5 Å². The van der Waals surface area contributed by atoms with Crippen LogP contribution in [0.2, 0.25) is 0 Å². The topological polar surface area (TPSA) is 57.4 Å². The van der Waals surface area contributed by atoms with Gasteiger partial charge in [0.1, 0.15) is 0 Å². The van der Waals surface area contributed by atoms with E-state index >= 15 is 0 Å². The van der Waals surface area contributed by atoms with Gasteiger partial charge in [-0.15, -0.1) is 0 Å².